The highest BCUT2D eigenvalue weighted by Crippen LogP contribution is 2.11. The molecule has 2 heteroatoms. The fraction of sp³-hybridized carbons (Fsp3) is 0. The van der Waals surface area contributed by atoms with Gasteiger partial charge in [0, 0.05) is 0 Å². The summed E-state index contributed by atoms with van der Waals surface area (Å²) in [6.45, 7) is 6.42. The molecule has 0 amide bonds. The Morgan fingerprint density at radius 3 is 2.00 bits per heavy atom. The van der Waals surface area contributed by atoms with Gasteiger partial charge in [-0.25, -0.2) is 4.39 Å². The van der Waals surface area contributed by atoms with Crippen LogP contribution in [0.15, 0.2) is 36.2 Å². The first-order valence-corrected chi connectivity index (χ1v) is 2.40. The average Bonchev–Trinajstić information content (AvgIpc) is 1.84. The van der Waals surface area contributed by atoms with Crippen molar-refractivity contribution in [1.82, 2.24) is 0 Å². The molecular weight excluding hydrogens is 127 g/mol. The van der Waals surface area contributed by atoms with Gasteiger partial charge < -0.3 is 0 Å². The summed E-state index contributed by atoms with van der Waals surface area (Å²) >= 11 is 5.23. The van der Waals surface area contributed by atoms with Gasteiger partial charge in [0.05, 0.1) is 5.03 Å². The molecule has 0 atom stereocenters. The molecule has 0 aromatic rings. The van der Waals surface area contributed by atoms with E-state index in [1.807, 2.05) is 0 Å². The van der Waals surface area contributed by atoms with Gasteiger partial charge in [-0.1, -0.05) is 24.8 Å². The van der Waals surface area contributed by atoms with Gasteiger partial charge in [0.1, 0.15) is 5.83 Å². The van der Waals surface area contributed by atoms with Gasteiger partial charge in [0.2, 0.25) is 0 Å². The summed E-state index contributed by atoms with van der Waals surface area (Å²) in [6.07, 6.45) is 2.25. The molecule has 0 spiro atoms. The van der Waals surface area contributed by atoms with Gasteiger partial charge in [0.15, 0.2) is 0 Å². The maximum absolute atomic E-state index is 12.1. The molecule has 0 fully saturated rings. The van der Waals surface area contributed by atoms with Gasteiger partial charge >= 0.3 is 0 Å². The molecule has 0 aliphatic heterocycles. The minimum Gasteiger partial charge on any atom is -0.205 e. The zero-order valence-electron chi connectivity index (χ0n) is 4.32. The Hall–Kier alpha value is -0.560. The second kappa shape index (κ2) is 3.44. The van der Waals surface area contributed by atoms with Crippen molar-refractivity contribution in [2.24, 2.45) is 0 Å². The summed E-state index contributed by atoms with van der Waals surface area (Å²) in [5, 5.41) is 0.000000000000000222. The molecule has 8 heavy (non-hydrogen) atoms. The Bertz CT molecular complexity index is 119. The van der Waals surface area contributed by atoms with E-state index in [0.29, 0.717) is 0 Å². The van der Waals surface area contributed by atoms with Crippen molar-refractivity contribution in [2.45, 2.75) is 0 Å². The lowest BCUT2D eigenvalue weighted by molar-refractivity contribution is 0.665. The maximum Gasteiger partial charge on any atom is 0.141 e. The smallest absolute Gasteiger partial charge is 0.141 e. The van der Waals surface area contributed by atoms with Crippen molar-refractivity contribution in [3.8, 4) is 0 Å². The first kappa shape index (κ1) is 7.44. The highest BCUT2D eigenvalue weighted by atomic mass is 35.5. The van der Waals surface area contributed by atoms with Crippen molar-refractivity contribution in [3.05, 3.63) is 36.2 Å². The van der Waals surface area contributed by atoms with Crippen LogP contribution in [0.1, 0.15) is 0 Å². The molecule has 0 aromatic heterocycles. The van der Waals surface area contributed by atoms with Crippen LogP contribution in [-0.4, -0.2) is 0 Å². The van der Waals surface area contributed by atoms with E-state index in [2.05, 4.69) is 13.2 Å². The second-order valence-electron chi connectivity index (χ2n) is 1.10. The molecular formula is C6H6ClF. The highest BCUT2D eigenvalue weighted by molar-refractivity contribution is 6.31. The molecule has 44 valence electrons. The zero-order chi connectivity index (χ0) is 6.57. The maximum atomic E-state index is 12.1. The third kappa shape index (κ3) is 1.94. The van der Waals surface area contributed by atoms with Gasteiger partial charge in [-0.05, 0) is 12.2 Å². The summed E-state index contributed by atoms with van der Waals surface area (Å²) in [6, 6.07) is 0. The molecule has 0 bridgehead atoms. The standard InChI is InChI=1S/C6H6ClF/c1-3-5(7)6(8)4-2/h3-4H,1-2H2/b6-5-. The van der Waals surface area contributed by atoms with Crippen LogP contribution in [0.25, 0.3) is 0 Å². The predicted octanol–water partition coefficient (Wildman–Crippen LogP) is 2.78. The first-order chi connectivity index (χ1) is 3.72. The van der Waals surface area contributed by atoms with Crippen LogP contribution < -0.4 is 0 Å². The van der Waals surface area contributed by atoms with E-state index in [-0.39, 0.29) is 5.03 Å². The third-order valence-corrected chi connectivity index (χ3v) is 0.921. The van der Waals surface area contributed by atoms with Crippen LogP contribution in [0.2, 0.25) is 0 Å². The predicted molar refractivity (Wildman–Crippen MR) is 34.4 cm³/mol. The molecule has 0 aromatic carbocycles. The molecule has 0 rings (SSSR count). The van der Waals surface area contributed by atoms with E-state index in [0.717, 1.165) is 6.08 Å². The van der Waals surface area contributed by atoms with E-state index >= 15 is 0 Å². The minimum absolute atomic E-state index is 0.000000000000000222. The van der Waals surface area contributed by atoms with Crippen molar-refractivity contribution in [3.63, 3.8) is 0 Å². The van der Waals surface area contributed by atoms with Crippen molar-refractivity contribution < 1.29 is 4.39 Å². The molecule has 0 heterocycles. The Balaban J connectivity index is 4.25. The van der Waals surface area contributed by atoms with E-state index in [4.69, 9.17) is 11.6 Å². The normalized spacial score (nSPS) is 12.2. The molecule has 0 N–H and O–H groups in total. The Labute approximate surface area is 53.0 Å². The summed E-state index contributed by atoms with van der Waals surface area (Å²) in [5.74, 6) is -0.540. The second-order valence-corrected chi connectivity index (χ2v) is 1.51. The number of rotatable bonds is 2. The van der Waals surface area contributed by atoms with Crippen LogP contribution in [0.4, 0.5) is 4.39 Å². The Kier molecular flexibility index (Phi) is 3.20. The average molecular weight is 133 g/mol. The first-order valence-electron chi connectivity index (χ1n) is 2.02. The Morgan fingerprint density at radius 1 is 1.38 bits per heavy atom. The van der Waals surface area contributed by atoms with Gasteiger partial charge in [-0.2, -0.15) is 0 Å². The number of hydrogen-bond donors (Lipinski definition) is 0. The van der Waals surface area contributed by atoms with E-state index < -0.39 is 5.83 Å². The van der Waals surface area contributed by atoms with E-state index in [9.17, 15) is 4.39 Å². The lowest BCUT2D eigenvalue weighted by Crippen LogP contribution is -1.66. The SMILES string of the molecule is C=C/C(F)=C(/Cl)C=C. The highest BCUT2D eigenvalue weighted by Gasteiger charge is 1.90. The van der Waals surface area contributed by atoms with E-state index in [1.54, 1.807) is 0 Å². The topological polar surface area (TPSA) is 0 Å². The fourth-order valence-corrected chi connectivity index (χ4v) is 0.272. The fourth-order valence-electron chi connectivity index (χ4n) is 0.195. The summed E-state index contributed by atoms with van der Waals surface area (Å²) in [4.78, 5) is 0. The quantitative estimate of drug-likeness (QED) is 0.507. The van der Waals surface area contributed by atoms with Gasteiger partial charge in [-0.3, -0.25) is 0 Å². The van der Waals surface area contributed by atoms with Crippen molar-refractivity contribution in [2.75, 3.05) is 0 Å². The van der Waals surface area contributed by atoms with Crippen LogP contribution >= 0.6 is 11.6 Å². The largest absolute Gasteiger partial charge is 0.205 e. The van der Waals surface area contributed by atoms with Crippen molar-refractivity contribution in [1.29, 1.82) is 0 Å². The zero-order valence-corrected chi connectivity index (χ0v) is 5.08. The molecule has 0 saturated heterocycles. The van der Waals surface area contributed by atoms with Crippen LogP contribution in [0, 0.1) is 0 Å². The third-order valence-electron chi connectivity index (χ3n) is 0.587. The molecule has 0 radical (unpaired) electrons. The van der Waals surface area contributed by atoms with Crippen LogP contribution in [0.3, 0.4) is 0 Å². The van der Waals surface area contributed by atoms with Crippen LogP contribution in [0.5, 0.6) is 0 Å². The number of halogens is 2. The monoisotopic (exact) mass is 132 g/mol. The molecule has 0 saturated carbocycles. The van der Waals surface area contributed by atoms with Crippen LogP contribution in [-0.2, 0) is 0 Å². The molecule has 0 aliphatic carbocycles. The summed E-state index contributed by atoms with van der Waals surface area (Å²) in [7, 11) is 0. The lowest BCUT2D eigenvalue weighted by Gasteiger charge is -1.84. The lowest BCUT2D eigenvalue weighted by atomic mass is 10.4. The van der Waals surface area contributed by atoms with Gasteiger partial charge in [-0.15, -0.1) is 0 Å². The summed E-state index contributed by atoms with van der Waals surface area (Å²) < 4.78 is 12.1. The molecule has 0 nitrogen and oxygen atoms in total. The molecule has 0 aliphatic rings. The van der Waals surface area contributed by atoms with Gasteiger partial charge in [0.25, 0.3) is 0 Å². The number of allylic oxidation sites excluding steroid dienone is 4. The van der Waals surface area contributed by atoms with Crippen molar-refractivity contribution >= 4 is 11.6 Å². The summed E-state index contributed by atoms with van der Waals surface area (Å²) in [5.41, 5.74) is 0. The minimum atomic E-state index is -0.540. The Morgan fingerprint density at radius 2 is 1.88 bits per heavy atom. The van der Waals surface area contributed by atoms with E-state index in [1.165, 1.54) is 6.08 Å². The number of hydrogen-bond acceptors (Lipinski definition) is 0. The molecule has 0 unspecified atom stereocenters.